The maximum Gasteiger partial charge on any atom is 0.123 e. The fraction of sp³-hybridized carbons (Fsp3) is 0.412. The van der Waals surface area contributed by atoms with Crippen molar-refractivity contribution in [2.24, 2.45) is 5.92 Å². The number of hydrogen-bond donors (Lipinski definition) is 0. The number of fused-ring (bicyclic) bond motifs is 1. The molecule has 20 heavy (non-hydrogen) atoms. The molecule has 1 aromatic heterocycles. The fourth-order valence-corrected chi connectivity index (χ4v) is 3.34. The van der Waals surface area contributed by atoms with Gasteiger partial charge in [-0.3, -0.25) is 4.98 Å². The van der Waals surface area contributed by atoms with Crippen LogP contribution in [-0.2, 0) is 4.79 Å². The molecule has 1 aliphatic carbocycles. The highest BCUT2D eigenvalue weighted by molar-refractivity contribution is 5.82. The standard InChI is InChI=1S/C17H18FNO/c18-14-5-6-17-16(11-14)15(7-9-19-17)13-3-1-12(2-4-13)8-10-20/h5-7,9-13H,1-4,8H2/t12-,13-. The van der Waals surface area contributed by atoms with Gasteiger partial charge in [0.15, 0.2) is 0 Å². The smallest absolute Gasteiger partial charge is 0.123 e. The van der Waals surface area contributed by atoms with Crippen LogP contribution in [0.2, 0.25) is 0 Å². The third-order valence-corrected chi connectivity index (χ3v) is 4.45. The number of carbonyl (C=O) groups excluding carboxylic acids is 1. The van der Waals surface area contributed by atoms with Crippen LogP contribution in [0.4, 0.5) is 4.39 Å². The predicted octanol–water partition coefficient (Wildman–Crippen LogP) is 4.24. The Bertz CT molecular complexity index is 617. The van der Waals surface area contributed by atoms with Gasteiger partial charge in [-0.1, -0.05) is 0 Å². The summed E-state index contributed by atoms with van der Waals surface area (Å²) in [6.45, 7) is 0. The molecule has 1 aromatic carbocycles. The van der Waals surface area contributed by atoms with E-state index in [4.69, 9.17) is 0 Å². The van der Waals surface area contributed by atoms with E-state index in [0.717, 1.165) is 42.9 Å². The zero-order valence-electron chi connectivity index (χ0n) is 11.4. The zero-order valence-corrected chi connectivity index (χ0v) is 11.4. The summed E-state index contributed by atoms with van der Waals surface area (Å²) in [6.07, 6.45) is 7.85. The van der Waals surface area contributed by atoms with Crippen LogP contribution in [-0.4, -0.2) is 11.3 Å². The molecule has 3 rings (SSSR count). The summed E-state index contributed by atoms with van der Waals surface area (Å²) in [5.41, 5.74) is 2.07. The predicted molar refractivity (Wildman–Crippen MR) is 77.1 cm³/mol. The van der Waals surface area contributed by atoms with Crippen LogP contribution in [0.15, 0.2) is 30.5 Å². The van der Waals surface area contributed by atoms with E-state index < -0.39 is 0 Å². The molecule has 0 spiro atoms. The Morgan fingerprint density at radius 2 is 2.00 bits per heavy atom. The number of halogens is 1. The third-order valence-electron chi connectivity index (χ3n) is 4.45. The molecule has 0 amide bonds. The number of benzene rings is 1. The second-order valence-corrected chi connectivity index (χ2v) is 5.68. The lowest BCUT2D eigenvalue weighted by Crippen LogP contribution is -2.14. The number of aromatic nitrogens is 1. The second kappa shape index (κ2) is 5.70. The van der Waals surface area contributed by atoms with Crippen LogP contribution in [0.1, 0.15) is 43.6 Å². The molecule has 2 aromatic rings. The first-order valence-electron chi connectivity index (χ1n) is 7.25. The van der Waals surface area contributed by atoms with Gasteiger partial charge >= 0.3 is 0 Å². The van der Waals surface area contributed by atoms with Gasteiger partial charge in [0, 0.05) is 18.0 Å². The van der Waals surface area contributed by atoms with E-state index in [9.17, 15) is 9.18 Å². The number of pyridine rings is 1. The fourth-order valence-electron chi connectivity index (χ4n) is 3.34. The third kappa shape index (κ3) is 2.58. The summed E-state index contributed by atoms with van der Waals surface area (Å²) in [7, 11) is 0. The largest absolute Gasteiger partial charge is 0.303 e. The number of carbonyl (C=O) groups is 1. The summed E-state index contributed by atoms with van der Waals surface area (Å²) >= 11 is 0. The zero-order chi connectivity index (χ0) is 13.9. The van der Waals surface area contributed by atoms with Crippen molar-refractivity contribution in [3.8, 4) is 0 Å². The van der Waals surface area contributed by atoms with E-state index in [-0.39, 0.29) is 5.82 Å². The first-order chi connectivity index (χ1) is 9.78. The maximum absolute atomic E-state index is 13.5. The van der Waals surface area contributed by atoms with Crippen LogP contribution in [0.5, 0.6) is 0 Å². The van der Waals surface area contributed by atoms with Gasteiger partial charge in [-0.05, 0) is 67.3 Å². The van der Waals surface area contributed by atoms with E-state index in [1.165, 1.54) is 11.6 Å². The van der Waals surface area contributed by atoms with Crippen molar-refractivity contribution < 1.29 is 9.18 Å². The van der Waals surface area contributed by atoms with Crippen LogP contribution >= 0.6 is 0 Å². The summed E-state index contributed by atoms with van der Waals surface area (Å²) in [4.78, 5) is 14.9. The minimum Gasteiger partial charge on any atom is -0.303 e. The molecule has 0 atom stereocenters. The van der Waals surface area contributed by atoms with Crippen molar-refractivity contribution in [1.82, 2.24) is 4.98 Å². The highest BCUT2D eigenvalue weighted by atomic mass is 19.1. The molecule has 1 fully saturated rings. The number of rotatable bonds is 3. The Morgan fingerprint density at radius 1 is 1.20 bits per heavy atom. The monoisotopic (exact) mass is 271 g/mol. The lowest BCUT2D eigenvalue weighted by molar-refractivity contribution is -0.108. The first kappa shape index (κ1) is 13.2. The van der Waals surface area contributed by atoms with Crippen molar-refractivity contribution in [2.75, 3.05) is 0 Å². The molecular weight excluding hydrogens is 253 g/mol. The van der Waals surface area contributed by atoms with Crippen molar-refractivity contribution in [1.29, 1.82) is 0 Å². The van der Waals surface area contributed by atoms with E-state index in [1.807, 2.05) is 12.3 Å². The van der Waals surface area contributed by atoms with E-state index in [0.29, 0.717) is 18.3 Å². The Labute approximate surface area is 118 Å². The lowest BCUT2D eigenvalue weighted by Gasteiger charge is -2.28. The molecule has 0 saturated heterocycles. The molecule has 104 valence electrons. The average molecular weight is 271 g/mol. The SMILES string of the molecule is O=CC[C@H]1CC[C@H](c2ccnc3ccc(F)cc32)CC1. The quantitative estimate of drug-likeness (QED) is 0.782. The first-order valence-corrected chi connectivity index (χ1v) is 7.25. The van der Waals surface area contributed by atoms with Crippen LogP contribution < -0.4 is 0 Å². The van der Waals surface area contributed by atoms with Gasteiger partial charge in [-0.2, -0.15) is 0 Å². The molecular formula is C17H18FNO. The van der Waals surface area contributed by atoms with Crippen molar-refractivity contribution >= 4 is 17.2 Å². The Hall–Kier alpha value is -1.77. The van der Waals surface area contributed by atoms with Gasteiger partial charge in [0.25, 0.3) is 0 Å². The number of nitrogens with zero attached hydrogens (tertiary/aromatic N) is 1. The summed E-state index contributed by atoms with van der Waals surface area (Å²) in [5.74, 6) is 0.792. The lowest BCUT2D eigenvalue weighted by atomic mass is 9.77. The minimum atomic E-state index is -0.207. The molecule has 0 radical (unpaired) electrons. The van der Waals surface area contributed by atoms with E-state index in [1.54, 1.807) is 12.1 Å². The van der Waals surface area contributed by atoms with Gasteiger partial charge in [0.2, 0.25) is 0 Å². The van der Waals surface area contributed by atoms with Crippen LogP contribution in [0.3, 0.4) is 0 Å². The molecule has 1 aliphatic rings. The van der Waals surface area contributed by atoms with E-state index >= 15 is 0 Å². The summed E-state index contributed by atoms with van der Waals surface area (Å²) in [5, 5.41) is 0.936. The molecule has 2 nitrogen and oxygen atoms in total. The molecule has 1 saturated carbocycles. The highest BCUT2D eigenvalue weighted by Crippen LogP contribution is 2.39. The van der Waals surface area contributed by atoms with Gasteiger partial charge in [-0.15, -0.1) is 0 Å². The summed E-state index contributed by atoms with van der Waals surface area (Å²) in [6, 6.07) is 6.81. The Kier molecular flexibility index (Phi) is 3.77. The minimum absolute atomic E-state index is 0.207. The molecule has 0 bridgehead atoms. The summed E-state index contributed by atoms with van der Waals surface area (Å²) < 4.78 is 13.5. The Morgan fingerprint density at radius 3 is 2.75 bits per heavy atom. The number of aldehydes is 1. The van der Waals surface area contributed by atoms with Gasteiger partial charge in [0.05, 0.1) is 5.52 Å². The molecule has 0 unspecified atom stereocenters. The van der Waals surface area contributed by atoms with Crippen molar-refractivity contribution in [3.05, 3.63) is 41.8 Å². The molecule has 0 N–H and O–H groups in total. The second-order valence-electron chi connectivity index (χ2n) is 5.68. The van der Waals surface area contributed by atoms with Crippen LogP contribution in [0, 0.1) is 11.7 Å². The topological polar surface area (TPSA) is 30.0 Å². The van der Waals surface area contributed by atoms with Crippen molar-refractivity contribution in [3.63, 3.8) is 0 Å². The van der Waals surface area contributed by atoms with Gasteiger partial charge in [0.1, 0.15) is 12.1 Å². The van der Waals surface area contributed by atoms with Gasteiger partial charge in [-0.25, -0.2) is 4.39 Å². The highest BCUT2D eigenvalue weighted by Gasteiger charge is 2.23. The molecule has 1 heterocycles. The normalized spacial score (nSPS) is 22.9. The average Bonchev–Trinajstić information content (AvgIpc) is 2.48. The molecule has 3 heteroatoms. The van der Waals surface area contributed by atoms with E-state index in [2.05, 4.69) is 4.98 Å². The Balaban J connectivity index is 1.87. The molecule has 0 aliphatic heterocycles. The maximum atomic E-state index is 13.5. The van der Waals surface area contributed by atoms with Crippen LogP contribution in [0.25, 0.3) is 10.9 Å². The number of hydrogen-bond acceptors (Lipinski definition) is 2. The van der Waals surface area contributed by atoms with Gasteiger partial charge < -0.3 is 4.79 Å². The van der Waals surface area contributed by atoms with Crippen molar-refractivity contribution in [2.45, 2.75) is 38.0 Å².